The van der Waals surface area contributed by atoms with Gasteiger partial charge >= 0.3 is 0 Å². The van der Waals surface area contributed by atoms with Crippen LogP contribution in [0.3, 0.4) is 0 Å². The van der Waals surface area contributed by atoms with Crippen molar-refractivity contribution in [3.8, 4) is 0 Å². The van der Waals surface area contributed by atoms with Crippen LogP contribution in [0.25, 0.3) is 17.7 Å². The molecule has 0 unspecified atom stereocenters. The molecule has 1 amide bonds. The molecule has 2 nitrogen and oxygen atoms in total. The number of carbonyl (C=O) groups excluding carboxylic acids is 1. The maximum absolute atomic E-state index is 11.9. The maximum Gasteiger partial charge on any atom is 0.226 e. The monoisotopic (exact) mass is 303 g/mol. The molecular weight excluding hydrogens is 282 g/mol. The summed E-state index contributed by atoms with van der Waals surface area (Å²) in [7, 11) is 1.83. The lowest BCUT2D eigenvalue weighted by molar-refractivity contribution is -0.118. The van der Waals surface area contributed by atoms with Crippen LogP contribution in [0.15, 0.2) is 54.6 Å². The van der Waals surface area contributed by atoms with Crippen LogP contribution in [-0.4, -0.2) is 13.0 Å². The van der Waals surface area contributed by atoms with Crippen LogP contribution in [0.5, 0.6) is 0 Å². The first-order chi connectivity index (χ1) is 11.2. The Morgan fingerprint density at radius 2 is 1.78 bits per heavy atom. The molecule has 2 aromatic rings. The zero-order valence-corrected chi connectivity index (χ0v) is 13.6. The van der Waals surface area contributed by atoms with Crippen molar-refractivity contribution in [3.05, 3.63) is 71.3 Å². The molecule has 3 rings (SSSR count). The molecule has 0 bridgehead atoms. The third kappa shape index (κ3) is 3.26. The Balaban J connectivity index is 1.80. The van der Waals surface area contributed by atoms with Gasteiger partial charge in [0.15, 0.2) is 0 Å². The fourth-order valence-corrected chi connectivity index (χ4v) is 2.80. The van der Waals surface area contributed by atoms with Gasteiger partial charge in [0.2, 0.25) is 5.91 Å². The average molecular weight is 303 g/mol. The molecular formula is C21H21NO. The van der Waals surface area contributed by atoms with Gasteiger partial charge in [-0.15, -0.1) is 0 Å². The van der Waals surface area contributed by atoms with E-state index >= 15 is 0 Å². The van der Waals surface area contributed by atoms with Crippen molar-refractivity contribution in [2.75, 3.05) is 11.9 Å². The number of rotatable bonds is 4. The third-order valence-corrected chi connectivity index (χ3v) is 4.15. The van der Waals surface area contributed by atoms with Crippen molar-refractivity contribution in [1.29, 1.82) is 0 Å². The van der Waals surface area contributed by atoms with E-state index in [1.165, 1.54) is 16.7 Å². The summed E-state index contributed by atoms with van der Waals surface area (Å²) in [4.78, 5) is 13.7. The molecule has 0 aliphatic heterocycles. The van der Waals surface area contributed by atoms with E-state index in [2.05, 4.69) is 54.6 Å². The minimum Gasteiger partial charge on any atom is -0.316 e. The minimum absolute atomic E-state index is 0.159. The Labute approximate surface area is 137 Å². The Hall–Kier alpha value is -2.61. The van der Waals surface area contributed by atoms with Gasteiger partial charge in [-0.05, 0) is 46.9 Å². The van der Waals surface area contributed by atoms with Crippen molar-refractivity contribution >= 4 is 29.3 Å². The first-order valence-electron chi connectivity index (χ1n) is 8.05. The lowest BCUT2D eigenvalue weighted by Crippen LogP contribution is -2.25. The number of allylic oxidation sites excluding steroid dienone is 2. The molecule has 0 saturated carbocycles. The fraction of sp³-hybridized carbons (Fsp3) is 0.190. The van der Waals surface area contributed by atoms with Crippen molar-refractivity contribution < 1.29 is 4.79 Å². The number of hydrogen-bond acceptors (Lipinski definition) is 1. The molecule has 2 aromatic carbocycles. The molecule has 1 aliphatic carbocycles. The van der Waals surface area contributed by atoms with Crippen LogP contribution in [0.2, 0.25) is 0 Å². The number of hydrogen-bond donors (Lipinski definition) is 0. The molecule has 0 spiro atoms. The highest BCUT2D eigenvalue weighted by atomic mass is 16.2. The number of benzene rings is 2. The second-order valence-corrected chi connectivity index (χ2v) is 5.81. The summed E-state index contributed by atoms with van der Waals surface area (Å²) in [6.07, 6.45) is 7.94. The SMILES string of the molecule is CCCC(=O)N(C)c1ccc(/C=C2\C=Cc3ccccc32)cc1. The fourth-order valence-electron chi connectivity index (χ4n) is 2.80. The van der Waals surface area contributed by atoms with Gasteiger partial charge in [-0.3, -0.25) is 4.79 Å². The Bertz CT molecular complexity index is 769. The molecule has 0 heterocycles. The topological polar surface area (TPSA) is 20.3 Å². The van der Waals surface area contributed by atoms with Crippen molar-refractivity contribution in [2.24, 2.45) is 0 Å². The van der Waals surface area contributed by atoms with Crippen LogP contribution in [0.1, 0.15) is 36.5 Å². The summed E-state index contributed by atoms with van der Waals surface area (Å²) in [6.45, 7) is 2.02. The number of fused-ring (bicyclic) bond motifs is 1. The molecule has 0 radical (unpaired) electrons. The molecule has 23 heavy (non-hydrogen) atoms. The van der Waals surface area contributed by atoms with Gasteiger partial charge in [0.1, 0.15) is 0 Å². The predicted molar refractivity (Wildman–Crippen MR) is 98.1 cm³/mol. The predicted octanol–water partition coefficient (Wildman–Crippen LogP) is 5.02. The zero-order chi connectivity index (χ0) is 16.2. The largest absolute Gasteiger partial charge is 0.316 e. The molecule has 0 atom stereocenters. The molecule has 116 valence electrons. The summed E-state index contributed by atoms with van der Waals surface area (Å²) in [6, 6.07) is 16.5. The Morgan fingerprint density at radius 1 is 1.04 bits per heavy atom. The highest BCUT2D eigenvalue weighted by Crippen LogP contribution is 2.30. The molecule has 0 fully saturated rings. The van der Waals surface area contributed by atoms with Gasteiger partial charge < -0.3 is 4.90 Å². The maximum atomic E-state index is 11.9. The van der Waals surface area contributed by atoms with E-state index in [4.69, 9.17) is 0 Å². The van der Waals surface area contributed by atoms with E-state index in [1.807, 2.05) is 26.1 Å². The highest BCUT2D eigenvalue weighted by molar-refractivity contribution is 5.98. The standard InChI is InChI=1S/C21H21NO/c1-3-6-21(23)22(2)19-13-9-16(10-14-19)15-18-12-11-17-7-4-5-8-20(17)18/h4-5,7-15H,3,6H2,1-2H3/b18-15+. The number of anilines is 1. The van der Waals surface area contributed by atoms with Gasteiger partial charge in [-0.2, -0.15) is 0 Å². The van der Waals surface area contributed by atoms with Gasteiger partial charge in [0, 0.05) is 19.2 Å². The van der Waals surface area contributed by atoms with Crippen LogP contribution in [0.4, 0.5) is 5.69 Å². The first-order valence-corrected chi connectivity index (χ1v) is 8.05. The van der Waals surface area contributed by atoms with Crippen LogP contribution in [0, 0.1) is 0 Å². The van der Waals surface area contributed by atoms with Gasteiger partial charge in [-0.25, -0.2) is 0 Å². The van der Waals surface area contributed by atoms with Gasteiger partial charge in [-0.1, -0.05) is 55.5 Å². The summed E-state index contributed by atoms with van der Waals surface area (Å²) in [5.74, 6) is 0.159. The second kappa shape index (κ2) is 6.66. The van der Waals surface area contributed by atoms with Crippen LogP contribution >= 0.6 is 0 Å². The molecule has 2 heteroatoms. The van der Waals surface area contributed by atoms with Crippen molar-refractivity contribution in [2.45, 2.75) is 19.8 Å². The number of carbonyl (C=O) groups is 1. The third-order valence-electron chi connectivity index (χ3n) is 4.15. The minimum atomic E-state index is 0.159. The quantitative estimate of drug-likeness (QED) is 0.777. The normalized spacial score (nSPS) is 14.1. The van der Waals surface area contributed by atoms with E-state index in [1.54, 1.807) is 4.90 Å². The summed E-state index contributed by atoms with van der Waals surface area (Å²) in [5, 5.41) is 0. The summed E-state index contributed by atoms with van der Waals surface area (Å²) >= 11 is 0. The van der Waals surface area contributed by atoms with E-state index in [9.17, 15) is 4.79 Å². The van der Waals surface area contributed by atoms with E-state index in [0.717, 1.165) is 17.7 Å². The Morgan fingerprint density at radius 3 is 2.52 bits per heavy atom. The molecule has 1 aliphatic rings. The van der Waals surface area contributed by atoms with Gasteiger partial charge in [0.25, 0.3) is 0 Å². The smallest absolute Gasteiger partial charge is 0.226 e. The summed E-state index contributed by atoms with van der Waals surface area (Å²) < 4.78 is 0. The van der Waals surface area contributed by atoms with Crippen LogP contribution < -0.4 is 4.90 Å². The lowest BCUT2D eigenvalue weighted by atomic mass is 10.0. The number of nitrogens with zero attached hydrogens (tertiary/aromatic N) is 1. The van der Waals surface area contributed by atoms with E-state index < -0.39 is 0 Å². The van der Waals surface area contributed by atoms with E-state index in [0.29, 0.717) is 6.42 Å². The average Bonchev–Trinajstić information content (AvgIpc) is 2.98. The van der Waals surface area contributed by atoms with Crippen molar-refractivity contribution in [1.82, 2.24) is 0 Å². The molecule has 0 aromatic heterocycles. The van der Waals surface area contributed by atoms with Gasteiger partial charge in [0.05, 0.1) is 0 Å². The second-order valence-electron chi connectivity index (χ2n) is 5.81. The summed E-state index contributed by atoms with van der Waals surface area (Å²) in [5.41, 5.74) is 5.84. The zero-order valence-electron chi connectivity index (χ0n) is 13.6. The highest BCUT2D eigenvalue weighted by Gasteiger charge is 2.11. The molecule has 0 N–H and O–H groups in total. The first kappa shape index (κ1) is 15.3. The van der Waals surface area contributed by atoms with Crippen LogP contribution in [-0.2, 0) is 4.79 Å². The lowest BCUT2D eigenvalue weighted by Gasteiger charge is -2.17. The Kier molecular flexibility index (Phi) is 4.42. The number of amides is 1. The van der Waals surface area contributed by atoms with E-state index in [-0.39, 0.29) is 5.91 Å². The molecule has 0 saturated heterocycles. The van der Waals surface area contributed by atoms with Crippen molar-refractivity contribution in [3.63, 3.8) is 0 Å².